The lowest BCUT2D eigenvalue weighted by molar-refractivity contribution is 0.0769. The van der Waals surface area contributed by atoms with Crippen LogP contribution in [-0.4, -0.2) is 46.8 Å². The largest absolute Gasteiger partial charge is 0.458 e. The molecule has 7 heteroatoms. The lowest BCUT2D eigenvalue weighted by Crippen LogP contribution is -2.31. The first-order valence-corrected chi connectivity index (χ1v) is 8.26. The van der Waals surface area contributed by atoms with E-state index >= 15 is 0 Å². The average molecular weight is 341 g/mol. The molecule has 25 heavy (non-hydrogen) atoms. The van der Waals surface area contributed by atoms with E-state index in [2.05, 4.69) is 9.97 Å². The van der Waals surface area contributed by atoms with Crippen LogP contribution in [0.25, 0.3) is 0 Å². The minimum Gasteiger partial charge on any atom is -0.458 e. The summed E-state index contributed by atoms with van der Waals surface area (Å²) < 4.78 is 16.5. The number of hydrogen-bond donors (Lipinski definition) is 0. The van der Waals surface area contributed by atoms with Gasteiger partial charge in [0.25, 0.3) is 5.91 Å². The number of carbonyl (C=O) groups excluding carboxylic acids is 1. The van der Waals surface area contributed by atoms with Crippen LogP contribution in [-0.2, 0) is 0 Å². The van der Waals surface area contributed by atoms with E-state index in [9.17, 15) is 4.79 Å². The summed E-state index contributed by atoms with van der Waals surface area (Å²) >= 11 is 0. The SMILES string of the molecule is Cc1cc(C)nc(O[C@@H]2CCN(C(=O)c3ccc4c(c3)OCO4)C2)n1. The second-order valence-corrected chi connectivity index (χ2v) is 6.28. The maximum atomic E-state index is 12.7. The standard InChI is InChI=1S/C18H19N3O4/c1-11-7-12(2)20-18(19-11)25-14-5-6-21(9-14)17(22)13-3-4-15-16(8-13)24-10-23-15/h3-4,7-8,14H,5-6,9-10H2,1-2H3/t14-/m1/s1. The van der Waals surface area contributed by atoms with E-state index in [1.807, 2.05) is 19.9 Å². The van der Waals surface area contributed by atoms with Crippen LogP contribution in [0.5, 0.6) is 17.5 Å². The Kier molecular flexibility index (Phi) is 3.91. The first-order chi connectivity index (χ1) is 12.1. The maximum Gasteiger partial charge on any atom is 0.317 e. The Morgan fingerprint density at radius 1 is 1.16 bits per heavy atom. The zero-order valence-corrected chi connectivity index (χ0v) is 14.2. The highest BCUT2D eigenvalue weighted by molar-refractivity contribution is 5.95. The number of hydrogen-bond acceptors (Lipinski definition) is 6. The van der Waals surface area contributed by atoms with E-state index in [0.29, 0.717) is 36.2 Å². The number of carbonyl (C=O) groups is 1. The molecule has 0 N–H and O–H groups in total. The van der Waals surface area contributed by atoms with Crippen molar-refractivity contribution in [2.24, 2.45) is 0 Å². The van der Waals surface area contributed by atoms with Crippen molar-refractivity contribution in [3.8, 4) is 17.5 Å². The molecule has 0 aliphatic carbocycles. The number of benzene rings is 1. The molecular formula is C18H19N3O4. The molecule has 0 spiro atoms. The van der Waals surface area contributed by atoms with Crippen molar-refractivity contribution < 1.29 is 19.0 Å². The van der Waals surface area contributed by atoms with E-state index in [-0.39, 0.29) is 18.8 Å². The molecule has 0 bridgehead atoms. The molecule has 4 rings (SSSR count). The highest BCUT2D eigenvalue weighted by Gasteiger charge is 2.29. The molecule has 1 fully saturated rings. The fraction of sp³-hybridized carbons (Fsp3) is 0.389. The van der Waals surface area contributed by atoms with Crippen molar-refractivity contribution in [2.75, 3.05) is 19.9 Å². The van der Waals surface area contributed by atoms with Gasteiger partial charge in [0.2, 0.25) is 6.79 Å². The molecular weight excluding hydrogens is 322 g/mol. The molecule has 0 saturated carbocycles. The summed E-state index contributed by atoms with van der Waals surface area (Å²) in [5.41, 5.74) is 2.33. The Labute approximate surface area is 145 Å². The molecule has 0 radical (unpaired) electrons. The van der Waals surface area contributed by atoms with Gasteiger partial charge in [-0.2, -0.15) is 0 Å². The first-order valence-electron chi connectivity index (χ1n) is 8.26. The monoisotopic (exact) mass is 341 g/mol. The lowest BCUT2D eigenvalue weighted by Gasteiger charge is -2.17. The zero-order chi connectivity index (χ0) is 17.4. The molecule has 2 aromatic rings. The predicted molar refractivity (Wildman–Crippen MR) is 89.0 cm³/mol. The van der Waals surface area contributed by atoms with Crippen molar-refractivity contribution in [1.29, 1.82) is 0 Å². The Bertz CT molecular complexity index is 804. The van der Waals surface area contributed by atoms with Crippen molar-refractivity contribution in [2.45, 2.75) is 26.4 Å². The number of aromatic nitrogens is 2. The predicted octanol–water partition coefficient (Wildman–Crippen LogP) is 2.12. The number of amides is 1. The Morgan fingerprint density at radius 3 is 2.72 bits per heavy atom. The third kappa shape index (κ3) is 3.22. The summed E-state index contributed by atoms with van der Waals surface area (Å²) in [6, 6.07) is 7.53. The Balaban J connectivity index is 1.42. The van der Waals surface area contributed by atoms with E-state index in [4.69, 9.17) is 14.2 Å². The molecule has 3 heterocycles. The molecule has 0 unspecified atom stereocenters. The minimum atomic E-state index is -0.0980. The Morgan fingerprint density at radius 2 is 1.92 bits per heavy atom. The van der Waals surface area contributed by atoms with Crippen molar-refractivity contribution in [3.05, 3.63) is 41.2 Å². The summed E-state index contributed by atoms with van der Waals surface area (Å²) in [5.74, 6) is 1.25. The van der Waals surface area contributed by atoms with Gasteiger partial charge in [0, 0.05) is 29.9 Å². The summed E-state index contributed by atoms with van der Waals surface area (Å²) in [6.45, 7) is 5.17. The van der Waals surface area contributed by atoms with Crippen LogP contribution >= 0.6 is 0 Å². The van der Waals surface area contributed by atoms with Crippen LogP contribution in [0, 0.1) is 13.8 Å². The number of rotatable bonds is 3. The van der Waals surface area contributed by atoms with Crippen molar-refractivity contribution >= 4 is 5.91 Å². The highest BCUT2D eigenvalue weighted by atomic mass is 16.7. The summed E-state index contributed by atoms with van der Waals surface area (Å²) in [5, 5.41) is 0. The van der Waals surface area contributed by atoms with Gasteiger partial charge in [-0.3, -0.25) is 4.79 Å². The first kappa shape index (κ1) is 15.7. The smallest absolute Gasteiger partial charge is 0.317 e. The molecule has 1 saturated heterocycles. The minimum absolute atomic E-state index is 0.0364. The average Bonchev–Trinajstić information content (AvgIpc) is 3.21. The second kappa shape index (κ2) is 6.23. The van der Waals surface area contributed by atoms with Crippen molar-refractivity contribution in [1.82, 2.24) is 14.9 Å². The zero-order valence-electron chi connectivity index (χ0n) is 14.2. The van der Waals surface area contributed by atoms with Gasteiger partial charge in [0.05, 0.1) is 6.54 Å². The van der Waals surface area contributed by atoms with Gasteiger partial charge in [0.1, 0.15) is 6.10 Å². The van der Waals surface area contributed by atoms with Gasteiger partial charge >= 0.3 is 6.01 Å². The van der Waals surface area contributed by atoms with Crippen LogP contribution < -0.4 is 14.2 Å². The van der Waals surface area contributed by atoms with Gasteiger partial charge in [-0.25, -0.2) is 9.97 Å². The van der Waals surface area contributed by atoms with Crippen LogP contribution in [0.2, 0.25) is 0 Å². The molecule has 1 amide bonds. The maximum absolute atomic E-state index is 12.7. The molecule has 1 aromatic carbocycles. The Hall–Kier alpha value is -2.83. The fourth-order valence-corrected chi connectivity index (χ4v) is 3.12. The number of likely N-dealkylation sites (tertiary alicyclic amines) is 1. The van der Waals surface area contributed by atoms with Gasteiger partial charge in [0.15, 0.2) is 11.5 Å². The topological polar surface area (TPSA) is 73.8 Å². The van der Waals surface area contributed by atoms with E-state index in [1.54, 1.807) is 23.1 Å². The number of nitrogens with zero attached hydrogens (tertiary/aromatic N) is 3. The highest BCUT2D eigenvalue weighted by Crippen LogP contribution is 2.33. The number of fused-ring (bicyclic) bond motifs is 1. The summed E-state index contributed by atoms with van der Waals surface area (Å²) in [4.78, 5) is 23.1. The lowest BCUT2D eigenvalue weighted by atomic mass is 10.2. The van der Waals surface area contributed by atoms with Gasteiger partial charge in [-0.05, 0) is 38.1 Å². The molecule has 130 valence electrons. The van der Waals surface area contributed by atoms with Crippen LogP contribution in [0.4, 0.5) is 0 Å². The van der Waals surface area contributed by atoms with E-state index in [1.165, 1.54) is 0 Å². The van der Waals surface area contributed by atoms with Gasteiger partial charge < -0.3 is 19.1 Å². The normalized spacial score (nSPS) is 18.5. The molecule has 1 atom stereocenters. The molecule has 7 nitrogen and oxygen atoms in total. The summed E-state index contributed by atoms with van der Waals surface area (Å²) in [7, 11) is 0. The van der Waals surface area contributed by atoms with E-state index in [0.717, 1.165) is 17.8 Å². The summed E-state index contributed by atoms with van der Waals surface area (Å²) in [6.07, 6.45) is 0.659. The van der Waals surface area contributed by atoms with Crippen LogP contribution in [0.3, 0.4) is 0 Å². The fourth-order valence-electron chi connectivity index (χ4n) is 3.12. The van der Waals surface area contributed by atoms with Gasteiger partial charge in [-0.15, -0.1) is 0 Å². The molecule has 2 aliphatic rings. The third-order valence-corrected chi connectivity index (χ3v) is 4.29. The third-order valence-electron chi connectivity index (χ3n) is 4.29. The van der Waals surface area contributed by atoms with Crippen LogP contribution in [0.15, 0.2) is 24.3 Å². The van der Waals surface area contributed by atoms with Crippen molar-refractivity contribution in [3.63, 3.8) is 0 Å². The quantitative estimate of drug-likeness (QED) is 0.851. The number of aryl methyl sites for hydroxylation is 2. The van der Waals surface area contributed by atoms with E-state index < -0.39 is 0 Å². The molecule has 2 aliphatic heterocycles. The number of ether oxygens (including phenoxy) is 3. The second-order valence-electron chi connectivity index (χ2n) is 6.28. The molecule has 1 aromatic heterocycles. The van der Waals surface area contributed by atoms with Crippen LogP contribution in [0.1, 0.15) is 28.2 Å². The van der Waals surface area contributed by atoms with Gasteiger partial charge in [-0.1, -0.05) is 0 Å².